The molecule has 0 spiro atoms. The Balaban J connectivity index is 1.48. The van der Waals surface area contributed by atoms with Crippen molar-refractivity contribution in [3.63, 3.8) is 0 Å². The number of nitrogens with zero attached hydrogens (tertiary/aromatic N) is 1. The number of hydrogen-bond donors (Lipinski definition) is 1. The van der Waals surface area contributed by atoms with Crippen molar-refractivity contribution in [3.05, 3.63) is 29.8 Å². The molecule has 2 aliphatic carbocycles. The number of thiocarbonyl (C=S) groups is 1. The van der Waals surface area contributed by atoms with Crippen LogP contribution < -0.4 is 10.5 Å². The lowest BCUT2D eigenvalue weighted by Crippen LogP contribution is -2.32. The van der Waals surface area contributed by atoms with E-state index in [1.54, 1.807) is 0 Å². The van der Waals surface area contributed by atoms with Gasteiger partial charge in [-0.3, -0.25) is 4.90 Å². The largest absolute Gasteiger partial charge is 0.492 e. The topological polar surface area (TPSA) is 38.5 Å². The molecule has 0 atom stereocenters. The van der Waals surface area contributed by atoms with Gasteiger partial charge in [0.1, 0.15) is 17.3 Å². The molecule has 0 unspecified atom stereocenters. The predicted molar refractivity (Wildman–Crippen MR) is 85.1 cm³/mol. The Morgan fingerprint density at radius 3 is 2.75 bits per heavy atom. The maximum Gasteiger partial charge on any atom is 0.120 e. The number of benzene rings is 1. The van der Waals surface area contributed by atoms with Gasteiger partial charge in [-0.2, -0.15) is 0 Å². The Bertz CT molecular complexity index is 483. The van der Waals surface area contributed by atoms with Crippen molar-refractivity contribution in [1.29, 1.82) is 0 Å². The third kappa shape index (κ3) is 3.93. The van der Waals surface area contributed by atoms with E-state index in [1.807, 2.05) is 24.3 Å². The van der Waals surface area contributed by atoms with Crippen molar-refractivity contribution >= 4 is 17.2 Å². The molecule has 0 heterocycles. The van der Waals surface area contributed by atoms with Gasteiger partial charge in [-0.05, 0) is 43.7 Å². The molecule has 20 heavy (non-hydrogen) atoms. The lowest BCUT2D eigenvalue weighted by molar-refractivity contribution is 0.195. The summed E-state index contributed by atoms with van der Waals surface area (Å²) in [5.74, 6) is 1.81. The van der Waals surface area contributed by atoms with Crippen molar-refractivity contribution < 1.29 is 4.74 Å². The van der Waals surface area contributed by atoms with Crippen LogP contribution in [0.3, 0.4) is 0 Å². The number of nitrogens with two attached hydrogens (primary N) is 1. The van der Waals surface area contributed by atoms with Gasteiger partial charge in [0.25, 0.3) is 0 Å². The molecule has 1 aromatic carbocycles. The molecule has 2 saturated carbocycles. The molecule has 4 heteroatoms. The summed E-state index contributed by atoms with van der Waals surface area (Å²) >= 11 is 4.99. The van der Waals surface area contributed by atoms with E-state index < -0.39 is 0 Å². The summed E-state index contributed by atoms with van der Waals surface area (Å²) in [6.45, 7) is 3.03. The minimum absolute atomic E-state index is 0.420. The van der Waals surface area contributed by atoms with Gasteiger partial charge < -0.3 is 10.5 Å². The molecule has 0 saturated heterocycles. The van der Waals surface area contributed by atoms with E-state index in [0.29, 0.717) is 4.99 Å². The van der Waals surface area contributed by atoms with E-state index >= 15 is 0 Å². The van der Waals surface area contributed by atoms with Gasteiger partial charge in [-0.1, -0.05) is 24.4 Å². The van der Waals surface area contributed by atoms with E-state index in [0.717, 1.165) is 36.4 Å². The standard InChI is InChI=1S/C16H22N2OS/c17-16(20)13-2-1-3-15(10-13)19-9-8-18(14-6-7-14)11-12-4-5-12/h1-3,10,12,14H,4-9,11H2,(H2,17,20). The normalized spacial score (nSPS) is 18.2. The van der Waals surface area contributed by atoms with Crippen LogP contribution in [0.1, 0.15) is 31.2 Å². The monoisotopic (exact) mass is 290 g/mol. The van der Waals surface area contributed by atoms with Gasteiger partial charge in [0.05, 0.1) is 0 Å². The van der Waals surface area contributed by atoms with Gasteiger partial charge in [0.2, 0.25) is 0 Å². The summed E-state index contributed by atoms with van der Waals surface area (Å²) in [6, 6.07) is 8.56. The van der Waals surface area contributed by atoms with Crippen LogP contribution in [0, 0.1) is 5.92 Å². The second kappa shape index (κ2) is 6.10. The summed E-state index contributed by atoms with van der Waals surface area (Å²) in [4.78, 5) is 3.03. The Hall–Kier alpha value is -1.13. The molecule has 2 aliphatic rings. The summed E-state index contributed by atoms with van der Waals surface area (Å²) in [7, 11) is 0. The minimum Gasteiger partial charge on any atom is -0.492 e. The SMILES string of the molecule is NC(=S)c1cccc(OCCN(CC2CC2)C2CC2)c1. The van der Waals surface area contributed by atoms with Crippen LogP contribution in [0.15, 0.2) is 24.3 Å². The fraction of sp³-hybridized carbons (Fsp3) is 0.562. The third-order valence-corrected chi connectivity index (χ3v) is 4.25. The average Bonchev–Trinajstić information content (AvgIpc) is 3.31. The molecule has 2 fully saturated rings. The maximum absolute atomic E-state index is 5.85. The first-order valence-electron chi connectivity index (χ1n) is 7.49. The van der Waals surface area contributed by atoms with E-state index in [4.69, 9.17) is 22.7 Å². The van der Waals surface area contributed by atoms with E-state index in [2.05, 4.69) is 4.90 Å². The lowest BCUT2D eigenvalue weighted by atomic mass is 10.2. The summed E-state index contributed by atoms with van der Waals surface area (Å²) in [5.41, 5.74) is 6.51. The van der Waals surface area contributed by atoms with Crippen LogP contribution in [-0.2, 0) is 0 Å². The summed E-state index contributed by atoms with van der Waals surface area (Å²) in [5, 5.41) is 0. The van der Waals surface area contributed by atoms with Crippen molar-refractivity contribution in [2.75, 3.05) is 19.7 Å². The van der Waals surface area contributed by atoms with Crippen molar-refractivity contribution in [1.82, 2.24) is 4.90 Å². The molecule has 0 bridgehead atoms. The van der Waals surface area contributed by atoms with Crippen LogP contribution in [-0.4, -0.2) is 35.6 Å². The molecular formula is C16H22N2OS. The second-order valence-electron chi connectivity index (χ2n) is 5.91. The van der Waals surface area contributed by atoms with Gasteiger partial charge in [0.15, 0.2) is 0 Å². The first kappa shape index (κ1) is 13.8. The van der Waals surface area contributed by atoms with Crippen molar-refractivity contribution in [2.45, 2.75) is 31.7 Å². The molecule has 2 N–H and O–H groups in total. The smallest absolute Gasteiger partial charge is 0.120 e. The molecular weight excluding hydrogens is 268 g/mol. The molecule has 0 radical (unpaired) electrons. The van der Waals surface area contributed by atoms with Crippen LogP contribution in [0.4, 0.5) is 0 Å². The second-order valence-corrected chi connectivity index (χ2v) is 6.35. The fourth-order valence-corrected chi connectivity index (χ4v) is 2.64. The molecule has 3 nitrogen and oxygen atoms in total. The fourth-order valence-electron chi connectivity index (χ4n) is 2.51. The Morgan fingerprint density at radius 1 is 1.30 bits per heavy atom. The third-order valence-electron chi connectivity index (χ3n) is 4.02. The van der Waals surface area contributed by atoms with Crippen LogP contribution in [0.5, 0.6) is 5.75 Å². The molecule has 108 valence electrons. The quantitative estimate of drug-likeness (QED) is 0.747. The van der Waals surface area contributed by atoms with Gasteiger partial charge in [0, 0.05) is 24.7 Å². The van der Waals surface area contributed by atoms with Crippen molar-refractivity contribution in [2.24, 2.45) is 11.7 Å². The van der Waals surface area contributed by atoms with E-state index in [1.165, 1.54) is 32.2 Å². The van der Waals surface area contributed by atoms with Crippen LogP contribution in [0.25, 0.3) is 0 Å². The highest BCUT2D eigenvalue weighted by atomic mass is 32.1. The number of ether oxygens (including phenoxy) is 1. The lowest BCUT2D eigenvalue weighted by Gasteiger charge is -2.21. The Kier molecular flexibility index (Phi) is 4.22. The summed E-state index contributed by atoms with van der Waals surface area (Å²) in [6.07, 6.45) is 5.56. The Labute approximate surface area is 126 Å². The van der Waals surface area contributed by atoms with Gasteiger partial charge >= 0.3 is 0 Å². The average molecular weight is 290 g/mol. The highest BCUT2D eigenvalue weighted by molar-refractivity contribution is 7.80. The maximum atomic E-state index is 5.85. The highest BCUT2D eigenvalue weighted by Crippen LogP contribution is 2.34. The minimum atomic E-state index is 0.420. The molecule has 1 aromatic rings. The zero-order chi connectivity index (χ0) is 13.9. The number of rotatable bonds is 8. The predicted octanol–water partition coefficient (Wildman–Crippen LogP) is 2.57. The summed E-state index contributed by atoms with van der Waals surface area (Å²) < 4.78 is 5.85. The van der Waals surface area contributed by atoms with E-state index in [-0.39, 0.29) is 0 Å². The molecule has 3 rings (SSSR count). The molecule has 0 aromatic heterocycles. The first-order valence-corrected chi connectivity index (χ1v) is 7.90. The van der Waals surface area contributed by atoms with Gasteiger partial charge in [-0.15, -0.1) is 0 Å². The number of hydrogen-bond acceptors (Lipinski definition) is 3. The van der Waals surface area contributed by atoms with Crippen LogP contribution >= 0.6 is 12.2 Å². The molecule has 0 amide bonds. The van der Waals surface area contributed by atoms with Gasteiger partial charge in [-0.25, -0.2) is 0 Å². The first-order chi connectivity index (χ1) is 9.72. The Morgan fingerprint density at radius 2 is 2.10 bits per heavy atom. The highest BCUT2D eigenvalue weighted by Gasteiger charge is 2.33. The molecule has 0 aliphatic heterocycles. The zero-order valence-electron chi connectivity index (χ0n) is 11.8. The van der Waals surface area contributed by atoms with Crippen LogP contribution in [0.2, 0.25) is 0 Å². The van der Waals surface area contributed by atoms with E-state index in [9.17, 15) is 0 Å². The zero-order valence-corrected chi connectivity index (χ0v) is 12.6. The van der Waals surface area contributed by atoms with Crippen molar-refractivity contribution in [3.8, 4) is 5.75 Å².